The van der Waals surface area contributed by atoms with Crippen molar-refractivity contribution in [3.8, 4) is 0 Å². The summed E-state index contributed by atoms with van der Waals surface area (Å²) in [5.74, 6) is -14.3. The molecule has 0 aliphatic heterocycles. The minimum Gasteiger partial charge on any atom is -0.768 e. The molecule has 0 fully saturated rings. The predicted molar refractivity (Wildman–Crippen MR) is 36.5 cm³/mol. The monoisotopic (exact) mass is 322 g/mol. The van der Waals surface area contributed by atoms with Crippen LogP contribution in [0.5, 0.6) is 0 Å². The van der Waals surface area contributed by atoms with Gasteiger partial charge in [0.05, 0.1) is 0 Å². The van der Waals surface area contributed by atoms with Crippen LogP contribution in [0.3, 0.4) is 0 Å². The van der Waals surface area contributed by atoms with E-state index in [1.165, 1.54) is 0 Å². The van der Waals surface area contributed by atoms with Gasteiger partial charge in [0.2, 0.25) is 0 Å². The Labute approximate surface area is 119 Å². The third-order valence-corrected chi connectivity index (χ3v) is 2.00. The zero-order valence-corrected chi connectivity index (χ0v) is 10.4. The Morgan fingerprint density at radius 2 is 1.06 bits per heavy atom. The first-order valence-electron chi connectivity index (χ1n) is 2.99. The topological polar surface area (TPSA) is 40.1 Å². The number of halogens is 9. The van der Waals surface area contributed by atoms with E-state index < -0.39 is 34.4 Å². The maximum absolute atomic E-state index is 12.1. The Hall–Kier alpha value is 0.480. The zero-order valence-electron chi connectivity index (χ0n) is 7.63. The van der Waals surface area contributed by atoms with Gasteiger partial charge < -0.3 is 4.55 Å². The Bertz CT molecular complexity index is 302. The van der Waals surface area contributed by atoms with Crippen molar-refractivity contribution in [2.24, 2.45) is 0 Å². The molecular formula is C5H4F9NaO2S. The van der Waals surface area contributed by atoms with E-state index in [2.05, 4.69) is 0 Å². The molecule has 0 radical (unpaired) electrons. The largest absolute Gasteiger partial charge is 1.00 e. The Balaban J connectivity index is -0.00000112. The third-order valence-electron chi connectivity index (χ3n) is 1.33. The molecule has 0 aromatic rings. The summed E-state index contributed by atoms with van der Waals surface area (Å²) in [5.41, 5.74) is 0. The van der Waals surface area contributed by atoms with E-state index in [0.717, 1.165) is 0 Å². The van der Waals surface area contributed by atoms with Crippen LogP contribution in [0.1, 0.15) is 7.43 Å². The van der Waals surface area contributed by atoms with Gasteiger partial charge in [-0.2, -0.15) is 39.5 Å². The molecule has 2 nitrogen and oxygen atoms in total. The maximum atomic E-state index is 12.1. The van der Waals surface area contributed by atoms with Crippen molar-refractivity contribution < 1.29 is 77.8 Å². The van der Waals surface area contributed by atoms with Gasteiger partial charge in [-0.15, -0.1) is 0 Å². The van der Waals surface area contributed by atoms with Gasteiger partial charge in [-0.05, 0) is 0 Å². The number of rotatable bonds is 3. The van der Waals surface area contributed by atoms with Crippen molar-refractivity contribution in [1.29, 1.82) is 0 Å². The maximum Gasteiger partial charge on any atom is 1.00 e. The Morgan fingerprint density at radius 1 is 0.778 bits per heavy atom. The fourth-order valence-electron chi connectivity index (χ4n) is 0.465. The van der Waals surface area contributed by atoms with E-state index in [9.17, 15) is 48.3 Å². The van der Waals surface area contributed by atoms with Crippen molar-refractivity contribution in [1.82, 2.24) is 0 Å². The SMILES string of the molecule is C.O=S([O-])C(F)(F)C(F)(F)C(F)(F)C(F)(F)F.[Na+]. The smallest absolute Gasteiger partial charge is 0.768 e. The summed E-state index contributed by atoms with van der Waals surface area (Å²) < 4.78 is 125. The predicted octanol–water partition coefficient (Wildman–Crippen LogP) is -0.0687. The van der Waals surface area contributed by atoms with Crippen LogP contribution in [-0.4, -0.2) is 32.0 Å². The Kier molecular flexibility index (Phi) is 8.23. The molecule has 0 aliphatic rings. The number of alkyl halides is 9. The van der Waals surface area contributed by atoms with Crippen LogP contribution in [0, 0.1) is 0 Å². The first-order valence-corrected chi connectivity index (χ1v) is 4.06. The van der Waals surface area contributed by atoms with Crippen LogP contribution in [0.2, 0.25) is 0 Å². The summed E-state index contributed by atoms with van der Waals surface area (Å²) in [6, 6.07) is 0. The normalized spacial score (nSPS) is 15.4. The second kappa shape index (κ2) is 6.29. The quantitative estimate of drug-likeness (QED) is 0.415. The minimum atomic E-state index is -7.18. The van der Waals surface area contributed by atoms with Crippen LogP contribution < -0.4 is 29.6 Å². The summed E-state index contributed by atoms with van der Waals surface area (Å²) in [5, 5.41) is -6.55. The average Bonchev–Trinajstić information content (AvgIpc) is 2.00. The van der Waals surface area contributed by atoms with Gasteiger partial charge in [0, 0.05) is 11.1 Å². The summed E-state index contributed by atoms with van der Waals surface area (Å²) >= 11 is -5.14. The van der Waals surface area contributed by atoms with E-state index in [1.807, 2.05) is 0 Å². The zero-order chi connectivity index (χ0) is 13.6. The van der Waals surface area contributed by atoms with Crippen LogP contribution in [-0.2, 0) is 11.1 Å². The fourth-order valence-corrected chi connectivity index (χ4v) is 0.803. The molecule has 18 heavy (non-hydrogen) atoms. The molecule has 0 heterocycles. The van der Waals surface area contributed by atoms with E-state index in [1.54, 1.807) is 0 Å². The van der Waals surface area contributed by atoms with Gasteiger partial charge in [0.15, 0.2) is 0 Å². The molecule has 0 rings (SSSR count). The van der Waals surface area contributed by atoms with Gasteiger partial charge in [-0.3, -0.25) is 4.21 Å². The van der Waals surface area contributed by atoms with Crippen LogP contribution in [0.25, 0.3) is 0 Å². The summed E-state index contributed by atoms with van der Waals surface area (Å²) in [6.07, 6.45) is -7.01. The molecule has 1 atom stereocenters. The van der Waals surface area contributed by atoms with Crippen molar-refractivity contribution in [3.05, 3.63) is 0 Å². The molecule has 0 aliphatic carbocycles. The Morgan fingerprint density at radius 3 is 1.22 bits per heavy atom. The van der Waals surface area contributed by atoms with Crippen molar-refractivity contribution in [3.63, 3.8) is 0 Å². The standard InChI is InChI=1S/C4HF9O2S.CH4.Na/c5-1(6,3(9,10)11)2(7,8)4(12,13)16(14)15;;/h(H,14,15);1H4;/q;;+1/p-1. The van der Waals surface area contributed by atoms with Gasteiger partial charge in [0.25, 0.3) is 0 Å². The van der Waals surface area contributed by atoms with Gasteiger partial charge in [-0.1, -0.05) is 7.43 Å². The molecule has 1 unspecified atom stereocenters. The third kappa shape index (κ3) is 3.52. The summed E-state index contributed by atoms with van der Waals surface area (Å²) in [7, 11) is 0. The summed E-state index contributed by atoms with van der Waals surface area (Å²) in [6.45, 7) is 0. The summed E-state index contributed by atoms with van der Waals surface area (Å²) in [4.78, 5) is 0. The van der Waals surface area contributed by atoms with Crippen molar-refractivity contribution in [2.45, 2.75) is 30.7 Å². The molecule has 0 bridgehead atoms. The minimum absolute atomic E-state index is 0. The number of hydrogen-bond acceptors (Lipinski definition) is 2. The molecular weight excluding hydrogens is 318 g/mol. The van der Waals surface area contributed by atoms with E-state index in [4.69, 9.17) is 0 Å². The molecule has 0 aromatic carbocycles. The molecule has 0 spiro atoms. The van der Waals surface area contributed by atoms with Gasteiger partial charge in [-0.25, -0.2) is 0 Å². The average molecular weight is 322 g/mol. The first-order chi connectivity index (χ1) is 6.69. The van der Waals surface area contributed by atoms with Crippen LogP contribution in [0.4, 0.5) is 39.5 Å². The van der Waals surface area contributed by atoms with E-state index in [-0.39, 0.29) is 37.0 Å². The van der Waals surface area contributed by atoms with Gasteiger partial charge >= 0.3 is 52.8 Å². The number of hydrogen-bond donors (Lipinski definition) is 0. The molecule has 0 saturated heterocycles. The fraction of sp³-hybridized carbons (Fsp3) is 1.00. The van der Waals surface area contributed by atoms with Gasteiger partial charge in [0.1, 0.15) is 0 Å². The second-order valence-corrected chi connectivity index (χ2v) is 3.38. The van der Waals surface area contributed by atoms with Crippen molar-refractivity contribution in [2.75, 3.05) is 0 Å². The van der Waals surface area contributed by atoms with Crippen LogP contribution >= 0.6 is 0 Å². The van der Waals surface area contributed by atoms with E-state index >= 15 is 0 Å². The molecule has 0 aromatic heterocycles. The van der Waals surface area contributed by atoms with Crippen LogP contribution in [0.15, 0.2) is 0 Å². The van der Waals surface area contributed by atoms with E-state index in [0.29, 0.717) is 0 Å². The molecule has 13 heteroatoms. The molecule has 0 N–H and O–H groups in total. The van der Waals surface area contributed by atoms with Crippen molar-refractivity contribution >= 4 is 11.1 Å². The molecule has 0 saturated carbocycles. The molecule has 0 amide bonds. The second-order valence-electron chi connectivity index (χ2n) is 2.40. The first kappa shape index (κ1) is 23.6. The molecule has 106 valence electrons.